The van der Waals surface area contributed by atoms with Gasteiger partial charge in [-0.2, -0.15) is 0 Å². The Hall–Kier alpha value is -2.87. The molecule has 2 aliphatic heterocycles. The summed E-state index contributed by atoms with van der Waals surface area (Å²) in [5.41, 5.74) is 3.71. The fourth-order valence-electron chi connectivity index (χ4n) is 4.58. The summed E-state index contributed by atoms with van der Waals surface area (Å²) in [5, 5.41) is 2.90. The van der Waals surface area contributed by atoms with E-state index in [0.717, 1.165) is 37.1 Å². The van der Waals surface area contributed by atoms with Crippen LogP contribution in [-0.2, 0) is 16.4 Å². The highest BCUT2D eigenvalue weighted by Crippen LogP contribution is 2.35. The molecule has 1 N–H and O–H groups in total. The molecule has 2 aliphatic rings. The first-order chi connectivity index (χ1) is 14.7. The van der Waals surface area contributed by atoms with Crippen LogP contribution in [0.1, 0.15) is 51.6 Å². The van der Waals surface area contributed by atoms with Crippen molar-refractivity contribution in [2.45, 2.75) is 39.2 Å². The fourth-order valence-corrected chi connectivity index (χ4v) is 5.84. The molecule has 8 heteroatoms. The predicted molar refractivity (Wildman–Crippen MR) is 121 cm³/mol. The van der Waals surface area contributed by atoms with E-state index < -0.39 is 10.0 Å². The van der Waals surface area contributed by atoms with Gasteiger partial charge in [-0.05, 0) is 68.5 Å². The molecule has 1 unspecified atom stereocenters. The van der Waals surface area contributed by atoms with Crippen molar-refractivity contribution in [3.63, 3.8) is 0 Å². The maximum absolute atomic E-state index is 13.0. The van der Waals surface area contributed by atoms with Crippen LogP contribution in [0.5, 0.6) is 0 Å². The number of nitrogens with one attached hydrogen (secondary N) is 1. The lowest BCUT2D eigenvalue weighted by Crippen LogP contribution is -2.34. The van der Waals surface area contributed by atoms with Crippen LogP contribution in [0.15, 0.2) is 36.4 Å². The van der Waals surface area contributed by atoms with Gasteiger partial charge in [0.15, 0.2) is 0 Å². The number of carbonyl (C=O) groups is 2. The Morgan fingerprint density at radius 2 is 1.81 bits per heavy atom. The summed E-state index contributed by atoms with van der Waals surface area (Å²) in [4.78, 5) is 27.9. The van der Waals surface area contributed by atoms with Crippen molar-refractivity contribution in [2.24, 2.45) is 0 Å². The number of nitrogens with zero attached hydrogens (tertiary/aromatic N) is 2. The summed E-state index contributed by atoms with van der Waals surface area (Å²) < 4.78 is 25.6. The molecule has 1 atom stereocenters. The Bertz CT molecular complexity index is 1150. The number of benzene rings is 2. The van der Waals surface area contributed by atoms with Crippen LogP contribution in [0.3, 0.4) is 0 Å². The van der Waals surface area contributed by atoms with Crippen molar-refractivity contribution in [3.8, 4) is 0 Å². The van der Waals surface area contributed by atoms with Gasteiger partial charge < -0.3 is 10.2 Å². The molecule has 4 rings (SSSR count). The molecule has 2 aromatic carbocycles. The van der Waals surface area contributed by atoms with E-state index in [9.17, 15) is 18.0 Å². The lowest BCUT2D eigenvalue weighted by Gasteiger charge is -2.22. The van der Waals surface area contributed by atoms with E-state index in [1.54, 1.807) is 24.3 Å². The molecular formula is C23H27N3O4S. The van der Waals surface area contributed by atoms with Gasteiger partial charge in [0, 0.05) is 24.7 Å². The quantitative estimate of drug-likeness (QED) is 0.789. The van der Waals surface area contributed by atoms with Crippen molar-refractivity contribution in [2.75, 3.05) is 29.0 Å². The fraction of sp³-hybridized carbons (Fsp3) is 0.391. The maximum atomic E-state index is 13.0. The molecule has 0 radical (unpaired) electrons. The maximum Gasteiger partial charge on any atom is 0.256 e. The van der Waals surface area contributed by atoms with Gasteiger partial charge in [-0.15, -0.1) is 0 Å². The van der Waals surface area contributed by atoms with Gasteiger partial charge in [-0.1, -0.05) is 12.1 Å². The molecule has 1 fully saturated rings. The lowest BCUT2D eigenvalue weighted by atomic mass is 10.0. The minimum atomic E-state index is -3.38. The third-order valence-electron chi connectivity index (χ3n) is 5.98. The van der Waals surface area contributed by atoms with E-state index in [0.29, 0.717) is 28.9 Å². The number of rotatable bonds is 4. The highest BCUT2D eigenvalue weighted by Gasteiger charge is 2.33. The van der Waals surface area contributed by atoms with Gasteiger partial charge in [0.05, 0.1) is 23.2 Å². The van der Waals surface area contributed by atoms with E-state index >= 15 is 0 Å². The van der Waals surface area contributed by atoms with Crippen molar-refractivity contribution in [1.29, 1.82) is 0 Å². The molecule has 0 aliphatic carbocycles. The molecule has 0 spiro atoms. The number of fused-ring (bicyclic) bond motifs is 1. The van der Waals surface area contributed by atoms with Crippen molar-refractivity contribution >= 4 is 33.2 Å². The van der Waals surface area contributed by atoms with Gasteiger partial charge in [-0.25, -0.2) is 8.42 Å². The Balaban J connectivity index is 1.61. The van der Waals surface area contributed by atoms with E-state index in [1.807, 2.05) is 30.9 Å². The van der Waals surface area contributed by atoms with Gasteiger partial charge in [0.25, 0.3) is 11.8 Å². The van der Waals surface area contributed by atoms with Crippen molar-refractivity contribution in [3.05, 3.63) is 58.7 Å². The van der Waals surface area contributed by atoms with Crippen LogP contribution in [-0.4, -0.2) is 50.5 Å². The van der Waals surface area contributed by atoms with Crippen LogP contribution in [0, 0.1) is 6.92 Å². The highest BCUT2D eigenvalue weighted by atomic mass is 32.2. The number of hydrogen-bond donors (Lipinski definition) is 1. The Labute approximate surface area is 183 Å². The molecule has 7 nitrogen and oxygen atoms in total. The topological polar surface area (TPSA) is 86.8 Å². The Morgan fingerprint density at radius 3 is 2.48 bits per heavy atom. The summed E-state index contributed by atoms with van der Waals surface area (Å²) in [6.45, 7) is 5.19. The summed E-state index contributed by atoms with van der Waals surface area (Å²) >= 11 is 0. The molecule has 31 heavy (non-hydrogen) atoms. The third kappa shape index (κ3) is 4.04. The zero-order valence-electron chi connectivity index (χ0n) is 18.0. The second-order valence-corrected chi connectivity index (χ2v) is 10.3. The van der Waals surface area contributed by atoms with Crippen LogP contribution < -0.4 is 9.62 Å². The first kappa shape index (κ1) is 21.4. The number of carbonyl (C=O) groups excluding carboxylic acids is 2. The normalized spacial score (nSPS) is 18.2. The van der Waals surface area contributed by atoms with E-state index in [2.05, 4.69) is 5.32 Å². The van der Waals surface area contributed by atoms with Gasteiger partial charge in [-0.3, -0.25) is 13.9 Å². The number of amides is 2. The summed E-state index contributed by atoms with van der Waals surface area (Å²) in [7, 11) is -3.38. The number of likely N-dealkylation sites (tertiary alicyclic amines) is 1. The monoisotopic (exact) mass is 441 g/mol. The van der Waals surface area contributed by atoms with E-state index in [1.165, 1.54) is 10.6 Å². The average Bonchev–Trinajstić information content (AvgIpc) is 3.33. The molecule has 0 aromatic heterocycles. The van der Waals surface area contributed by atoms with Crippen LogP contribution in [0.2, 0.25) is 0 Å². The minimum absolute atomic E-state index is 0.0579. The molecular weight excluding hydrogens is 414 g/mol. The van der Waals surface area contributed by atoms with Gasteiger partial charge in [0.1, 0.15) is 0 Å². The Kier molecular flexibility index (Phi) is 5.51. The molecule has 2 heterocycles. The van der Waals surface area contributed by atoms with Gasteiger partial charge in [0.2, 0.25) is 10.0 Å². The number of anilines is 2. The first-order valence-electron chi connectivity index (χ1n) is 10.5. The van der Waals surface area contributed by atoms with Crippen LogP contribution in [0.25, 0.3) is 0 Å². The smallest absolute Gasteiger partial charge is 0.256 e. The predicted octanol–water partition coefficient (Wildman–Crippen LogP) is 3.19. The molecule has 164 valence electrons. The average molecular weight is 442 g/mol. The SMILES string of the molecule is Cc1cccc(NC(=O)c2ccc3c(c2)CC(C)N3S(C)(=O)=O)c1C(=O)N1CCCC1. The number of hydrogen-bond acceptors (Lipinski definition) is 4. The second kappa shape index (κ2) is 8.00. The molecule has 1 saturated heterocycles. The molecule has 0 saturated carbocycles. The lowest BCUT2D eigenvalue weighted by molar-refractivity contribution is 0.0793. The van der Waals surface area contributed by atoms with E-state index in [4.69, 9.17) is 0 Å². The number of sulfonamides is 1. The zero-order chi connectivity index (χ0) is 22.3. The van der Waals surface area contributed by atoms with Gasteiger partial charge >= 0.3 is 0 Å². The Morgan fingerprint density at radius 1 is 1.10 bits per heavy atom. The molecule has 2 amide bonds. The summed E-state index contributed by atoms with van der Waals surface area (Å²) in [5.74, 6) is -0.383. The largest absolute Gasteiger partial charge is 0.339 e. The van der Waals surface area contributed by atoms with Crippen LogP contribution in [0.4, 0.5) is 11.4 Å². The molecule has 0 bridgehead atoms. The second-order valence-electron chi connectivity index (χ2n) is 8.41. The zero-order valence-corrected chi connectivity index (χ0v) is 18.8. The standard InChI is InChI=1S/C23H27N3O4S/c1-15-7-6-8-19(21(15)23(28)25-11-4-5-12-25)24-22(27)17-9-10-20-18(14-17)13-16(2)26(20)31(3,29)30/h6-10,14,16H,4-5,11-13H2,1-3H3,(H,24,27). The summed E-state index contributed by atoms with van der Waals surface area (Å²) in [6.07, 6.45) is 3.73. The summed E-state index contributed by atoms with van der Waals surface area (Å²) in [6, 6.07) is 10.3. The molecule has 2 aromatic rings. The minimum Gasteiger partial charge on any atom is -0.339 e. The van der Waals surface area contributed by atoms with Crippen molar-refractivity contribution < 1.29 is 18.0 Å². The first-order valence-corrected chi connectivity index (χ1v) is 12.3. The van der Waals surface area contributed by atoms with Crippen LogP contribution >= 0.6 is 0 Å². The number of aryl methyl sites for hydroxylation is 1. The van der Waals surface area contributed by atoms with Crippen molar-refractivity contribution in [1.82, 2.24) is 4.90 Å². The highest BCUT2D eigenvalue weighted by molar-refractivity contribution is 7.92. The third-order valence-corrected chi connectivity index (χ3v) is 7.25. The van der Waals surface area contributed by atoms with E-state index in [-0.39, 0.29) is 17.9 Å².